The molecule has 0 heterocycles. The van der Waals surface area contributed by atoms with E-state index < -0.39 is 6.09 Å². The van der Waals surface area contributed by atoms with E-state index in [1.165, 1.54) is 7.05 Å². The summed E-state index contributed by atoms with van der Waals surface area (Å²) >= 11 is 6.08. The number of halogens is 1. The van der Waals surface area contributed by atoms with Crippen molar-refractivity contribution in [3.63, 3.8) is 0 Å². The summed E-state index contributed by atoms with van der Waals surface area (Å²) in [5, 5.41) is 5.14. The molecule has 2 aromatic rings. The van der Waals surface area contributed by atoms with Gasteiger partial charge in [0.2, 0.25) is 0 Å². The molecule has 1 unspecified atom stereocenters. The number of ether oxygens (including phenoxy) is 1. The van der Waals surface area contributed by atoms with E-state index in [-0.39, 0.29) is 6.10 Å². The highest BCUT2D eigenvalue weighted by Gasteiger charge is 2.14. The molecule has 94 valence electrons. The zero-order valence-electron chi connectivity index (χ0n) is 10.2. The van der Waals surface area contributed by atoms with Gasteiger partial charge in [0, 0.05) is 17.6 Å². The monoisotopic (exact) mass is 263 g/mol. The first-order valence-corrected chi connectivity index (χ1v) is 6.06. The summed E-state index contributed by atoms with van der Waals surface area (Å²) in [6.45, 7) is 1.83. The van der Waals surface area contributed by atoms with Gasteiger partial charge in [0.05, 0.1) is 0 Å². The maximum atomic E-state index is 11.3. The van der Waals surface area contributed by atoms with Crippen molar-refractivity contribution in [2.45, 2.75) is 13.0 Å². The first-order valence-electron chi connectivity index (χ1n) is 5.68. The minimum atomic E-state index is -0.452. The number of hydrogen-bond acceptors (Lipinski definition) is 2. The highest BCUT2D eigenvalue weighted by molar-refractivity contribution is 6.31. The van der Waals surface area contributed by atoms with Gasteiger partial charge in [0.15, 0.2) is 0 Å². The van der Waals surface area contributed by atoms with Gasteiger partial charge in [-0.1, -0.05) is 35.9 Å². The number of carbonyl (C=O) groups is 1. The minimum Gasteiger partial charge on any atom is -0.442 e. The molecule has 1 amide bonds. The molecule has 2 aromatic carbocycles. The number of carbonyl (C=O) groups excluding carboxylic acids is 1. The van der Waals surface area contributed by atoms with Crippen LogP contribution in [-0.4, -0.2) is 13.1 Å². The molecular formula is C14H14ClNO2. The fourth-order valence-electron chi connectivity index (χ4n) is 1.92. The SMILES string of the molecule is CNC(=O)OC(C)c1cc(Cl)cc2ccccc12. The van der Waals surface area contributed by atoms with Crippen molar-refractivity contribution in [3.8, 4) is 0 Å². The van der Waals surface area contributed by atoms with E-state index in [4.69, 9.17) is 16.3 Å². The molecule has 0 fully saturated rings. The Hall–Kier alpha value is -1.74. The molecule has 18 heavy (non-hydrogen) atoms. The molecule has 3 nitrogen and oxygen atoms in total. The van der Waals surface area contributed by atoms with Gasteiger partial charge in [-0.2, -0.15) is 0 Å². The van der Waals surface area contributed by atoms with E-state index in [1.54, 1.807) is 0 Å². The fraction of sp³-hybridized carbons (Fsp3) is 0.214. The molecule has 0 saturated carbocycles. The molecule has 2 rings (SSSR count). The summed E-state index contributed by atoms with van der Waals surface area (Å²) in [7, 11) is 1.53. The standard InChI is InChI=1S/C14H14ClNO2/c1-9(18-14(17)16-2)13-8-11(15)7-10-5-3-4-6-12(10)13/h3-9H,1-2H3,(H,16,17). The van der Waals surface area contributed by atoms with Gasteiger partial charge in [-0.05, 0) is 29.8 Å². The molecule has 0 aliphatic rings. The van der Waals surface area contributed by atoms with Crippen LogP contribution in [0.1, 0.15) is 18.6 Å². The zero-order valence-corrected chi connectivity index (χ0v) is 11.0. The number of amides is 1. The summed E-state index contributed by atoms with van der Waals surface area (Å²) in [4.78, 5) is 11.3. The van der Waals surface area contributed by atoms with Gasteiger partial charge in [-0.3, -0.25) is 0 Å². The normalized spacial score (nSPS) is 12.2. The number of rotatable bonds is 2. The van der Waals surface area contributed by atoms with Crippen LogP contribution in [0.2, 0.25) is 5.02 Å². The first kappa shape index (κ1) is 12.7. The molecule has 0 saturated heterocycles. The molecule has 0 aliphatic heterocycles. The van der Waals surface area contributed by atoms with Crippen molar-refractivity contribution in [2.24, 2.45) is 0 Å². The molecule has 0 radical (unpaired) electrons. The molecule has 1 N–H and O–H groups in total. The Kier molecular flexibility index (Phi) is 3.72. The topological polar surface area (TPSA) is 38.3 Å². The third kappa shape index (κ3) is 2.57. The highest BCUT2D eigenvalue weighted by atomic mass is 35.5. The largest absolute Gasteiger partial charge is 0.442 e. The predicted molar refractivity (Wildman–Crippen MR) is 72.9 cm³/mol. The van der Waals surface area contributed by atoms with Crippen molar-refractivity contribution in [3.05, 3.63) is 47.0 Å². The molecule has 0 aliphatic carbocycles. The minimum absolute atomic E-state index is 0.353. The van der Waals surface area contributed by atoms with Crippen LogP contribution in [0.4, 0.5) is 4.79 Å². The lowest BCUT2D eigenvalue weighted by Crippen LogP contribution is -2.20. The lowest BCUT2D eigenvalue weighted by Gasteiger charge is -2.16. The quantitative estimate of drug-likeness (QED) is 0.892. The Morgan fingerprint density at radius 1 is 1.33 bits per heavy atom. The lowest BCUT2D eigenvalue weighted by molar-refractivity contribution is 0.110. The molecule has 1 atom stereocenters. The van der Waals surface area contributed by atoms with Crippen LogP contribution in [0.25, 0.3) is 10.8 Å². The van der Waals surface area contributed by atoms with Gasteiger partial charge in [0.1, 0.15) is 6.10 Å². The maximum absolute atomic E-state index is 11.3. The third-order valence-electron chi connectivity index (χ3n) is 2.78. The van der Waals surface area contributed by atoms with Crippen LogP contribution < -0.4 is 5.32 Å². The molecule has 0 spiro atoms. The number of hydrogen-bond donors (Lipinski definition) is 1. The summed E-state index contributed by atoms with van der Waals surface area (Å²) < 4.78 is 5.24. The second-order valence-corrected chi connectivity index (χ2v) is 4.45. The fourth-order valence-corrected chi connectivity index (χ4v) is 2.16. The summed E-state index contributed by atoms with van der Waals surface area (Å²) in [6.07, 6.45) is -0.805. The van der Waals surface area contributed by atoms with E-state index >= 15 is 0 Å². The molecule has 4 heteroatoms. The smallest absolute Gasteiger partial charge is 0.407 e. The van der Waals surface area contributed by atoms with Crippen molar-refractivity contribution in [2.75, 3.05) is 7.05 Å². The van der Waals surface area contributed by atoms with E-state index in [0.29, 0.717) is 5.02 Å². The van der Waals surface area contributed by atoms with Gasteiger partial charge >= 0.3 is 6.09 Å². The van der Waals surface area contributed by atoms with E-state index in [9.17, 15) is 4.79 Å². The van der Waals surface area contributed by atoms with E-state index in [1.807, 2.05) is 43.3 Å². The van der Waals surface area contributed by atoms with Crippen molar-refractivity contribution < 1.29 is 9.53 Å². The third-order valence-corrected chi connectivity index (χ3v) is 3.00. The van der Waals surface area contributed by atoms with E-state index in [2.05, 4.69) is 5.32 Å². The Labute approximate surface area is 111 Å². The van der Waals surface area contributed by atoms with Crippen LogP contribution in [-0.2, 0) is 4.74 Å². The van der Waals surface area contributed by atoms with Crippen LogP contribution in [0.5, 0.6) is 0 Å². The Morgan fingerprint density at radius 2 is 2.06 bits per heavy atom. The van der Waals surface area contributed by atoms with Crippen LogP contribution >= 0.6 is 11.6 Å². The number of nitrogens with one attached hydrogen (secondary N) is 1. The van der Waals surface area contributed by atoms with Gasteiger partial charge in [-0.25, -0.2) is 4.79 Å². The van der Waals surface area contributed by atoms with Gasteiger partial charge in [-0.15, -0.1) is 0 Å². The summed E-state index contributed by atoms with van der Waals surface area (Å²) in [5.41, 5.74) is 0.904. The highest BCUT2D eigenvalue weighted by Crippen LogP contribution is 2.29. The first-order chi connectivity index (χ1) is 8.61. The van der Waals surface area contributed by atoms with E-state index in [0.717, 1.165) is 16.3 Å². The summed E-state index contributed by atoms with van der Waals surface area (Å²) in [5.74, 6) is 0. The zero-order chi connectivity index (χ0) is 13.1. The van der Waals surface area contributed by atoms with Crippen molar-refractivity contribution in [1.29, 1.82) is 0 Å². The van der Waals surface area contributed by atoms with Crippen LogP contribution in [0, 0.1) is 0 Å². The number of fused-ring (bicyclic) bond motifs is 1. The second kappa shape index (κ2) is 5.27. The Balaban J connectivity index is 2.46. The van der Waals surface area contributed by atoms with Crippen LogP contribution in [0.15, 0.2) is 36.4 Å². The summed E-state index contributed by atoms with van der Waals surface area (Å²) in [6, 6.07) is 11.6. The lowest BCUT2D eigenvalue weighted by atomic mass is 10.0. The van der Waals surface area contributed by atoms with Gasteiger partial charge in [0.25, 0.3) is 0 Å². The second-order valence-electron chi connectivity index (χ2n) is 4.01. The van der Waals surface area contributed by atoms with Crippen LogP contribution in [0.3, 0.4) is 0 Å². The number of benzene rings is 2. The Morgan fingerprint density at radius 3 is 2.78 bits per heavy atom. The van der Waals surface area contributed by atoms with Crippen molar-refractivity contribution in [1.82, 2.24) is 5.32 Å². The Bertz CT molecular complexity index is 583. The molecular weight excluding hydrogens is 250 g/mol. The van der Waals surface area contributed by atoms with Gasteiger partial charge < -0.3 is 10.1 Å². The number of alkyl carbamates (subject to hydrolysis) is 1. The van der Waals surface area contributed by atoms with Crippen molar-refractivity contribution >= 4 is 28.5 Å². The average molecular weight is 264 g/mol. The average Bonchev–Trinajstić information content (AvgIpc) is 2.37. The molecule has 0 bridgehead atoms. The molecule has 0 aromatic heterocycles. The predicted octanol–water partition coefficient (Wildman–Crippen LogP) is 3.91. The maximum Gasteiger partial charge on any atom is 0.407 e.